The van der Waals surface area contributed by atoms with Gasteiger partial charge < -0.3 is 18.8 Å². The number of para-hydroxylation sites is 1. The summed E-state index contributed by atoms with van der Waals surface area (Å²) in [7, 11) is 4.38. The van der Waals surface area contributed by atoms with Crippen LogP contribution in [0.5, 0.6) is 11.5 Å². The average molecular weight is 405 g/mol. The van der Waals surface area contributed by atoms with Gasteiger partial charge in [-0.15, -0.1) is 0 Å². The summed E-state index contributed by atoms with van der Waals surface area (Å²) in [6.45, 7) is 0. The van der Waals surface area contributed by atoms with Gasteiger partial charge in [0.05, 0.1) is 38.3 Å². The number of aromatic nitrogens is 3. The molecule has 8 heteroatoms. The Bertz CT molecular complexity index is 1240. The van der Waals surface area contributed by atoms with E-state index in [1.165, 1.54) is 18.9 Å². The van der Waals surface area contributed by atoms with Gasteiger partial charge in [0, 0.05) is 18.5 Å². The topological polar surface area (TPSA) is 84.6 Å². The molecule has 2 aliphatic heterocycles. The summed E-state index contributed by atoms with van der Waals surface area (Å²) >= 11 is 0. The lowest BCUT2D eigenvalue weighted by Crippen LogP contribution is -2.15. The first-order valence-corrected chi connectivity index (χ1v) is 9.08. The standard InChI is InChI=1S/C22H19N3O5/c1-28-15-9-10-19(29-2)18(11-15)24-12-16-20(17(13-24)22(27)30-3)23-25(21(16)26)14-7-5-4-6-8-14/h4-13H,1-3H3. The molecule has 0 fully saturated rings. The van der Waals surface area contributed by atoms with E-state index in [1.54, 1.807) is 54.4 Å². The SMILES string of the molecule is COC(=O)c1cn(-c2cc(OC)ccc2OC)cc2c(=O)n(-c3ccccc3)nc1-2. The predicted octanol–water partition coefficient (Wildman–Crippen LogP) is 2.93. The summed E-state index contributed by atoms with van der Waals surface area (Å²) in [5, 5.41) is 4.40. The molecular formula is C22H19N3O5. The molecule has 0 amide bonds. The van der Waals surface area contributed by atoms with Crippen molar-refractivity contribution in [2.75, 3.05) is 21.3 Å². The van der Waals surface area contributed by atoms with Crippen molar-refractivity contribution < 1.29 is 19.0 Å². The smallest absolute Gasteiger partial charge is 0.341 e. The summed E-state index contributed by atoms with van der Waals surface area (Å²) in [6, 6.07) is 14.3. The summed E-state index contributed by atoms with van der Waals surface area (Å²) in [6.07, 6.45) is 3.18. The quantitative estimate of drug-likeness (QED) is 0.475. The number of hydrogen-bond acceptors (Lipinski definition) is 6. The van der Waals surface area contributed by atoms with Crippen LogP contribution >= 0.6 is 0 Å². The Balaban J connectivity index is 2.02. The van der Waals surface area contributed by atoms with Gasteiger partial charge in [0.15, 0.2) is 0 Å². The van der Waals surface area contributed by atoms with E-state index in [2.05, 4.69) is 5.10 Å². The fraction of sp³-hybridized carbons (Fsp3) is 0.136. The third-order valence-corrected chi connectivity index (χ3v) is 4.74. The molecule has 152 valence electrons. The van der Waals surface area contributed by atoms with Gasteiger partial charge >= 0.3 is 5.97 Å². The van der Waals surface area contributed by atoms with Crippen molar-refractivity contribution in [2.24, 2.45) is 0 Å². The van der Waals surface area contributed by atoms with Crippen LogP contribution in [0.15, 0.2) is 65.7 Å². The van der Waals surface area contributed by atoms with Crippen LogP contribution in [0.1, 0.15) is 10.4 Å². The van der Waals surface area contributed by atoms with Gasteiger partial charge in [-0.3, -0.25) is 4.79 Å². The van der Waals surface area contributed by atoms with Crippen molar-refractivity contribution in [3.05, 3.63) is 76.8 Å². The zero-order chi connectivity index (χ0) is 21.3. The maximum Gasteiger partial charge on any atom is 0.341 e. The third kappa shape index (κ3) is 3.18. The van der Waals surface area contributed by atoms with Crippen LogP contribution in [0.3, 0.4) is 0 Å². The average Bonchev–Trinajstić information content (AvgIpc) is 3.14. The van der Waals surface area contributed by atoms with Gasteiger partial charge in [-0.05, 0) is 24.3 Å². The Morgan fingerprint density at radius 1 is 0.967 bits per heavy atom. The number of benzene rings is 2. The van der Waals surface area contributed by atoms with Gasteiger partial charge in [0.1, 0.15) is 22.8 Å². The van der Waals surface area contributed by atoms with Crippen molar-refractivity contribution >= 4 is 5.97 Å². The maximum atomic E-state index is 13.1. The van der Waals surface area contributed by atoms with E-state index >= 15 is 0 Å². The normalized spacial score (nSPS) is 10.8. The van der Waals surface area contributed by atoms with E-state index in [4.69, 9.17) is 14.2 Å². The molecule has 0 saturated heterocycles. The van der Waals surface area contributed by atoms with Gasteiger partial charge in [0.2, 0.25) is 0 Å². The number of ether oxygens (including phenoxy) is 3. The monoisotopic (exact) mass is 405 g/mol. The molecule has 0 unspecified atom stereocenters. The lowest BCUT2D eigenvalue weighted by molar-refractivity contribution is 0.0600. The highest BCUT2D eigenvalue weighted by atomic mass is 16.5. The van der Waals surface area contributed by atoms with Crippen molar-refractivity contribution in [2.45, 2.75) is 0 Å². The number of carbonyl (C=O) groups is 1. The number of nitrogens with zero attached hydrogens (tertiary/aromatic N) is 3. The number of esters is 1. The highest BCUT2D eigenvalue weighted by Gasteiger charge is 2.25. The molecule has 8 nitrogen and oxygen atoms in total. The number of hydrogen-bond donors (Lipinski definition) is 0. The molecule has 0 saturated carbocycles. The molecule has 0 aliphatic carbocycles. The predicted molar refractivity (Wildman–Crippen MR) is 110 cm³/mol. The number of rotatable bonds is 5. The van der Waals surface area contributed by atoms with Crippen molar-refractivity contribution in [3.8, 4) is 34.1 Å². The lowest BCUT2D eigenvalue weighted by atomic mass is 10.1. The van der Waals surface area contributed by atoms with Crippen molar-refractivity contribution in [1.82, 2.24) is 14.3 Å². The molecule has 0 bridgehead atoms. The highest BCUT2D eigenvalue weighted by Crippen LogP contribution is 2.31. The molecule has 4 rings (SSSR count). The van der Waals surface area contributed by atoms with E-state index in [-0.39, 0.29) is 22.4 Å². The van der Waals surface area contributed by atoms with E-state index in [1.807, 2.05) is 18.2 Å². The Hall–Kier alpha value is -4.07. The number of carbonyl (C=O) groups excluding carboxylic acids is 1. The van der Waals surface area contributed by atoms with E-state index in [9.17, 15) is 9.59 Å². The summed E-state index contributed by atoms with van der Waals surface area (Å²) in [4.78, 5) is 25.6. The second-order valence-electron chi connectivity index (χ2n) is 6.42. The summed E-state index contributed by atoms with van der Waals surface area (Å²) < 4.78 is 18.6. The molecule has 0 radical (unpaired) electrons. The van der Waals surface area contributed by atoms with Gasteiger partial charge in [-0.25, -0.2) is 4.79 Å². The minimum Gasteiger partial charge on any atom is -0.497 e. The first-order chi connectivity index (χ1) is 14.6. The van der Waals surface area contributed by atoms with Gasteiger partial charge in [-0.1, -0.05) is 18.2 Å². The lowest BCUT2D eigenvalue weighted by Gasteiger charge is -2.15. The van der Waals surface area contributed by atoms with Gasteiger partial charge in [-0.2, -0.15) is 9.78 Å². The van der Waals surface area contributed by atoms with Crippen LogP contribution < -0.4 is 15.0 Å². The molecule has 30 heavy (non-hydrogen) atoms. The molecule has 0 atom stereocenters. The van der Waals surface area contributed by atoms with Crippen LogP contribution in [0.25, 0.3) is 22.6 Å². The minimum absolute atomic E-state index is 0.159. The number of methoxy groups -OCH3 is 3. The molecule has 0 N–H and O–H groups in total. The Labute approximate surface area is 172 Å². The van der Waals surface area contributed by atoms with E-state index in [0.717, 1.165) is 0 Å². The third-order valence-electron chi connectivity index (χ3n) is 4.74. The Kier molecular flexibility index (Phi) is 4.97. The maximum absolute atomic E-state index is 13.1. The molecule has 0 spiro atoms. The number of fused-ring (bicyclic) bond motifs is 1. The van der Waals surface area contributed by atoms with Crippen molar-refractivity contribution in [3.63, 3.8) is 0 Å². The van der Waals surface area contributed by atoms with Crippen LogP contribution in [0.4, 0.5) is 0 Å². The fourth-order valence-corrected chi connectivity index (χ4v) is 3.25. The zero-order valence-corrected chi connectivity index (χ0v) is 16.7. The van der Waals surface area contributed by atoms with Crippen LogP contribution in [0.2, 0.25) is 0 Å². The molecule has 2 aliphatic rings. The summed E-state index contributed by atoms with van der Waals surface area (Å²) in [5.74, 6) is 0.535. The van der Waals surface area contributed by atoms with Crippen molar-refractivity contribution in [1.29, 1.82) is 0 Å². The fourth-order valence-electron chi connectivity index (χ4n) is 3.25. The first-order valence-electron chi connectivity index (χ1n) is 9.08. The number of pyridine rings is 1. The summed E-state index contributed by atoms with van der Waals surface area (Å²) in [5.41, 5.74) is 1.53. The molecular weight excluding hydrogens is 386 g/mol. The first kappa shape index (κ1) is 19.3. The highest BCUT2D eigenvalue weighted by molar-refractivity contribution is 5.96. The van der Waals surface area contributed by atoms with E-state index < -0.39 is 5.97 Å². The second-order valence-corrected chi connectivity index (χ2v) is 6.42. The minimum atomic E-state index is -0.603. The molecule has 2 heterocycles. The van der Waals surface area contributed by atoms with Crippen LogP contribution in [-0.4, -0.2) is 41.6 Å². The largest absolute Gasteiger partial charge is 0.497 e. The van der Waals surface area contributed by atoms with Crippen LogP contribution in [0, 0.1) is 0 Å². The van der Waals surface area contributed by atoms with Crippen LogP contribution in [-0.2, 0) is 4.74 Å². The molecule has 2 aromatic rings. The second kappa shape index (κ2) is 7.75. The Morgan fingerprint density at radius 2 is 1.73 bits per heavy atom. The Morgan fingerprint density at radius 3 is 2.40 bits per heavy atom. The van der Waals surface area contributed by atoms with Gasteiger partial charge in [0.25, 0.3) is 5.56 Å². The van der Waals surface area contributed by atoms with E-state index in [0.29, 0.717) is 22.9 Å². The zero-order valence-electron chi connectivity index (χ0n) is 16.7. The molecule has 2 aromatic carbocycles. The molecule has 0 aromatic heterocycles.